The zero-order valence-corrected chi connectivity index (χ0v) is 12.4. The van der Waals surface area contributed by atoms with Gasteiger partial charge in [0.2, 0.25) is 0 Å². The van der Waals surface area contributed by atoms with Crippen LogP contribution in [-0.2, 0) is 0 Å². The van der Waals surface area contributed by atoms with E-state index in [0.717, 1.165) is 11.3 Å². The molecule has 1 aromatic carbocycles. The fourth-order valence-electron chi connectivity index (χ4n) is 2.19. The Balaban J connectivity index is 1.84. The molecule has 0 aliphatic heterocycles. The van der Waals surface area contributed by atoms with Gasteiger partial charge in [-0.1, -0.05) is 18.2 Å². The van der Waals surface area contributed by atoms with Gasteiger partial charge in [-0.2, -0.15) is 0 Å². The number of ether oxygens (including phenoxy) is 1. The van der Waals surface area contributed by atoms with Crippen LogP contribution in [0, 0.1) is 6.92 Å². The van der Waals surface area contributed by atoms with Gasteiger partial charge in [-0.3, -0.25) is 9.36 Å². The van der Waals surface area contributed by atoms with Crippen molar-refractivity contribution in [2.24, 2.45) is 0 Å². The minimum absolute atomic E-state index is 0.161. The highest BCUT2D eigenvalue weighted by Gasteiger charge is 2.12. The summed E-state index contributed by atoms with van der Waals surface area (Å²) in [5.41, 5.74) is 1.48. The molecule has 0 fully saturated rings. The molecule has 0 saturated carbocycles. The van der Waals surface area contributed by atoms with Crippen molar-refractivity contribution in [1.29, 1.82) is 0 Å². The second kappa shape index (κ2) is 5.93. The van der Waals surface area contributed by atoms with Gasteiger partial charge in [-0.05, 0) is 25.5 Å². The van der Waals surface area contributed by atoms with Gasteiger partial charge in [0.05, 0.1) is 6.04 Å². The Morgan fingerprint density at radius 1 is 1.18 bits per heavy atom. The lowest BCUT2D eigenvalue weighted by Gasteiger charge is -2.16. The van der Waals surface area contributed by atoms with Gasteiger partial charge in [-0.25, -0.2) is 15.0 Å². The van der Waals surface area contributed by atoms with E-state index in [9.17, 15) is 4.79 Å². The van der Waals surface area contributed by atoms with Crippen LogP contribution < -0.4 is 10.3 Å². The first-order valence-corrected chi connectivity index (χ1v) is 7.03. The van der Waals surface area contributed by atoms with Crippen molar-refractivity contribution in [3.8, 4) is 5.75 Å². The molecule has 0 amide bonds. The Morgan fingerprint density at radius 2 is 1.95 bits per heavy atom. The van der Waals surface area contributed by atoms with Crippen LogP contribution in [0.1, 0.15) is 18.5 Å². The number of fused-ring (bicyclic) bond motifs is 1. The summed E-state index contributed by atoms with van der Waals surface area (Å²) in [6, 6.07) is 7.62. The van der Waals surface area contributed by atoms with E-state index < -0.39 is 0 Å². The number of rotatable bonds is 4. The van der Waals surface area contributed by atoms with E-state index in [1.54, 1.807) is 0 Å². The molecular weight excluding hydrogens is 280 g/mol. The SMILES string of the molecule is Cc1ccccc1OC[C@H](C)n1cnc2nccnc2c1=O. The van der Waals surface area contributed by atoms with Crippen molar-refractivity contribution in [2.75, 3.05) is 6.61 Å². The topological polar surface area (TPSA) is 69.9 Å². The highest BCUT2D eigenvalue weighted by atomic mass is 16.5. The summed E-state index contributed by atoms with van der Waals surface area (Å²) in [4.78, 5) is 24.7. The first-order chi connectivity index (χ1) is 10.7. The predicted molar refractivity (Wildman–Crippen MR) is 83.0 cm³/mol. The highest BCUT2D eigenvalue weighted by Crippen LogP contribution is 2.17. The van der Waals surface area contributed by atoms with Crippen LogP contribution in [0.15, 0.2) is 47.8 Å². The molecule has 0 radical (unpaired) electrons. The summed E-state index contributed by atoms with van der Waals surface area (Å²) in [7, 11) is 0. The number of benzene rings is 1. The summed E-state index contributed by atoms with van der Waals surface area (Å²) in [6.07, 6.45) is 4.50. The highest BCUT2D eigenvalue weighted by molar-refractivity contribution is 5.66. The maximum atomic E-state index is 12.4. The molecule has 3 aromatic rings. The Kier molecular flexibility index (Phi) is 3.82. The van der Waals surface area contributed by atoms with Gasteiger partial charge in [0.25, 0.3) is 5.56 Å². The van der Waals surface area contributed by atoms with Crippen LogP contribution in [0.2, 0.25) is 0 Å². The van der Waals surface area contributed by atoms with Crippen molar-refractivity contribution in [3.63, 3.8) is 0 Å². The first kappa shape index (κ1) is 14.2. The average Bonchev–Trinajstić information content (AvgIpc) is 2.54. The van der Waals surface area contributed by atoms with Gasteiger partial charge in [-0.15, -0.1) is 0 Å². The van der Waals surface area contributed by atoms with Gasteiger partial charge in [0.15, 0.2) is 11.2 Å². The van der Waals surface area contributed by atoms with E-state index in [0.29, 0.717) is 12.3 Å². The minimum Gasteiger partial charge on any atom is -0.491 e. The molecule has 0 saturated heterocycles. The average molecular weight is 296 g/mol. The molecule has 3 rings (SSSR count). The number of hydrogen-bond donors (Lipinski definition) is 0. The van der Waals surface area contributed by atoms with E-state index >= 15 is 0 Å². The van der Waals surface area contributed by atoms with Crippen LogP contribution in [0.5, 0.6) is 5.75 Å². The number of hydrogen-bond acceptors (Lipinski definition) is 5. The van der Waals surface area contributed by atoms with E-state index in [4.69, 9.17) is 4.74 Å². The quantitative estimate of drug-likeness (QED) is 0.737. The van der Waals surface area contributed by atoms with Crippen molar-refractivity contribution in [3.05, 3.63) is 58.9 Å². The monoisotopic (exact) mass is 296 g/mol. The molecule has 0 bridgehead atoms. The lowest BCUT2D eigenvalue weighted by atomic mass is 10.2. The zero-order chi connectivity index (χ0) is 15.5. The van der Waals surface area contributed by atoms with Crippen molar-refractivity contribution in [1.82, 2.24) is 19.5 Å². The molecule has 22 heavy (non-hydrogen) atoms. The molecule has 0 unspecified atom stereocenters. The summed E-state index contributed by atoms with van der Waals surface area (Å²) in [6.45, 7) is 4.26. The second-order valence-corrected chi connectivity index (χ2v) is 5.11. The van der Waals surface area contributed by atoms with Crippen molar-refractivity contribution in [2.45, 2.75) is 19.9 Å². The standard InChI is InChI=1S/C16H16N4O2/c1-11-5-3-4-6-13(11)22-9-12(2)20-10-19-15-14(16(20)21)17-7-8-18-15/h3-8,10,12H,9H2,1-2H3/t12-/m0/s1. The van der Waals surface area contributed by atoms with Crippen LogP contribution >= 0.6 is 0 Å². The molecule has 0 spiro atoms. The smallest absolute Gasteiger partial charge is 0.281 e. The zero-order valence-electron chi connectivity index (χ0n) is 12.4. The van der Waals surface area contributed by atoms with Gasteiger partial charge >= 0.3 is 0 Å². The fourth-order valence-corrected chi connectivity index (χ4v) is 2.19. The molecule has 6 nitrogen and oxygen atoms in total. The molecule has 6 heteroatoms. The third kappa shape index (κ3) is 2.67. The summed E-state index contributed by atoms with van der Waals surface area (Å²) >= 11 is 0. The summed E-state index contributed by atoms with van der Waals surface area (Å²) in [5, 5.41) is 0. The third-order valence-electron chi connectivity index (χ3n) is 3.47. The molecule has 2 aromatic heterocycles. The largest absolute Gasteiger partial charge is 0.491 e. The van der Waals surface area contributed by atoms with Gasteiger partial charge in [0.1, 0.15) is 18.7 Å². The van der Waals surface area contributed by atoms with Crippen molar-refractivity contribution < 1.29 is 4.74 Å². The number of aromatic nitrogens is 4. The Bertz CT molecular complexity index is 860. The first-order valence-electron chi connectivity index (χ1n) is 7.03. The molecule has 1 atom stereocenters. The van der Waals surface area contributed by atoms with Crippen LogP contribution in [0.3, 0.4) is 0 Å². The second-order valence-electron chi connectivity index (χ2n) is 5.11. The molecule has 0 aliphatic rings. The van der Waals surface area contributed by atoms with Crippen LogP contribution in [0.4, 0.5) is 0 Å². The van der Waals surface area contributed by atoms with Gasteiger partial charge in [0, 0.05) is 12.4 Å². The number of nitrogens with zero attached hydrogens (tertiary/aromatic N) is 4. The Labute approximate surface area is 127 Å². The van der Waals surface area contributed by atoms with E-state index in [-0.39, 0.29) is 17.1 Å². The van der Waals surface area contributed by atoms with E-state index in [1.807, 2.05) is 38.1 Å². The molecule has 2 heterocycles. The Morgan fingerprint density at radius 3 is 2.77 bits per heavy atom. The molecule has 0 aliphatic carbocycles. The van der Waals surface area contributed by atoms with E-state index in [1.165, 1.54) is 23.3 Å². The normalized spacial score (nSPS) is 12.3. The van der Waals surface area contributed by atoms with E-state index in [2.05, 4.69) is 15.0 Å². The lowest BCUT2D eigenvalue weighted by molar-refractivity contribution is 0.256. The maximum absolute atomic E-state index is 12.4. The van der Waals surface area contributed by atoms with Crippen LogP contribution in [0.25, 0.3) is 11.2 Å². The minimum atomic E-state index is -0.209. The fraction of sp³-hybridized carbons (Fsp3) is 0.250. The third-order valence-corrected chi connectivity index (χ3v) is 3.47. The van der Waals surface area contributed by atoms with Crippen molar-refractivity contribution >= 4 is 11.2 Å². The lowest BCUT2D eigenvalue weighted by Crippen LogP contribution is -2.28. The summed E-state index contributed by atoms with van der Waals surface area (Å²) in [5.74, 6) is 0.816. The molecule has 112 valence electrons. The Hall–Kier alpha value is -2.76. The predicted octanol–water partition coefficient (Wildman–Crippen LogP) is 2.13. The van der Waals surface area contributed by atoms with Gasteiger partial charge < -0.3 is 4.74 Å². The molecule has 0 N–H and O–H groups in total. The molecular formula is C16H16N4O2. The maximum Gasteiger partial charge on any atom is 0.281 e. The number of aryl methyl sites for hydroxylation is 1. The summed E-state index contributed by atoms with van der Waals surface area (Å²) < 4.78 is 7.32. The number of para-hydroxylation sites is 1. The van der Waals surface area contributed by atoms with Crippen LogP contribution in [-0.4, -0.2) is 26.1 Å².